The molecule has 1 saturated carbocycles. The number of esters is 1. The predicted octanol–water partition coefficient (Wildman–Crippen LogP) is 6.40. The van der Waals surface area contributed by atoms with Gasteiger partial charge in [-0.05, 0) is 110 Å². The van der Waals surface area contributed by atoms with E-state index in [-0.39, 0.29) is 55.2 Å². The number of aryl methyl sites for hydroxylation is 1. The van der Waals surface area contributed by atoms with Crippen LogP contribution in [-0.4, -0.2) is 112 Å². The maximum absolute atomic E-state index is 14.9. The first-order chi connectivity index (χ1) is 32.6. The van der Waals surface area contributed by atoms with Gasteiger partial charge in [0.15, 0.2) is 0 Å². The van der Waals surface area contributed by atoms with Crippen molar-refractivity contribution in [3.8, 4) is 34.2 Å². The Morgan fingerprint density at radius 2 is 1.78 bits per heavy atom. The number of pyridine rings is 1. The molecule has 4 amide bonds. The molecule has 2 saturated heterocycles. The minimum Gasteiger partial charge on any atom is -0.464 e. The van der Waals surface area contributed by atoms with Crippen molar-refractivity contribution in [3.63, 3.8) is 0 Å². The summed E-state index contributed by atoms with van der Waals surface area (Å²) in [6, 6.07) is 15.9. The molecule has 3 aliphatic heterocycles. The minimum absolute atomic E-state index is 0.107. The van der Waals surface area contributed by atoms with Crippen molar-refractivity contribution < 1.29 is 33.4 Å². The van der Waals surface area contributed by atoms with E-state index in [9.17, 15) is 24.0 Å². The Kier molecular flexibility index (Phi) is 14.4. The fraction of sp³-hybridized carbons (Fsp3) is 0.519. The van der Waals surface area contributed by atoms with E-state index in [1.807, 2.05) is 32.0 Å². The monoisotopic (exact) mass is 926 g/mol. The quantitative estimate of drug-likeness (QED) is 0.151. The highest BCUT2D eigenvalue weighted by Crippen LogP contribution is 2.41. The summed E-state index contributed by atoms with van der Waals surface area (Å²) < 4.78 is 14.2. The van der Waals surface area contributed by atoms with E-state index in [4.69, 9.17) is 14.5 Å². The van der Waals surface area contributed by atoms with Crippen molar-refractivity contribution in [2.45, 2.75) is 110 Å². The van der Waals surface area contributed by atoms with Gasteiger partial charge in [0.2, 0.25) is 11.8 Å². The number of hydrogen-bond acceptors (Lipinski definition) is 9. The van der Waals surface area contributed by atoms with E-state index in [1.165, 1.54) is 5.01 Å². The molecule has 68 heavy (non-hydrogen) atoms. The minimum atomic E-state index is -1.04. The van der Waals surface area contributed by atoms with Crippen molar-refractivity contribution in [1.29, 1.82) is 0 Å². The number of carbonyl (C=O) groups is 5. The number of hydrogen-bond donors (Lipinski definition) is 2. The number of aromatic nitrogens is 2. The maximum Gasteiger partial charge on any atom is 0.324 e. The van der Waals surface area contributed by atoms with Gasteiger partial charge in [0.05, 0.1) is 30.0 Å². The van der Waals surface area contributed by atoms with Crippen molar-refractivity contribution in [2.75, 3.05) is 40.4 Å². The second-order valence-electron chi connectivity index (χ2n) is 20.3. The number of rotatable bonds is 8. The van der Waals surface area contributed by atoms with Gasteiger partial charge in [-0.3, -0.25) is 34.0 Å². The van der Waals surface area contributed by atoms with Gasteiger partial charge >= 0.3 is 5.97 Å². The third kappa shape index (κ3) is 9.92. The molecule has 2 aromatic carbocycles. The Balaban J connectivity index is 1.17. The van der Waals surface area contributed by atoms with E-state index in [0.717, 1.165) is 75.8 Å². The van der Waals surface area contributed by atoms with Gasteiger partial charge < -0.3 is 29.2 Å². The highest BCUT2D eigenvalue weighted by molar-refractivity contribution is 5.97. The summed E-state index contributed by atoms with van der Waals surface area (Å²) in [7, 11) is 5.44. The van der Waals surface area contributed by atoms with Crippen molar-refractivity contribution in [2.24, 2.45) is 30.2 Å². The molecule has 14 heteroatoms. The van der Waals surface area contributed by atoms with E-state index in [2.05, 4.69) is 84.4 Å². The zero-order valence-corrected chi connectivity index (χ0v) is 40.9. The van der Waals surface area contributed by atoms with Crippen LogP contribution in [0, 0.1) is 35.0 Å². The van der Waals surface area contributed by atoms with Gasteiger partial charge in [0.25, 0.3) is 11.8 Å². The third-order valence-electron chi connectivity index (χ3n) is 14.8. The summed E-state index contributed by atoms with van der Waals surface area (Å²) in [5.41, 5.74) is 10.4. The summed E-state index contributed by atoms with van der Waals surface area (Å²) in [5, 5.41) is 5.69. The largest absolute Gasteiger partial charge is 0.464 e. The van der Waals surface area contributed by atoms with Crippen LogP contribution in [0.5, 0.6) is 0 Å². The van der Waals surface area contributed by atoms with Gasteiger partial charge in [-0.15, -0.1) is 0 Å². The van der Waals surface area contributed by atoms with Crippen LogP contribution in [0.15, 0.2) is 60.8 Å². The maximum atomic E-state index is 14.9. The average Bonchev–Trinajstić information content (AvgIpc) is 4.08. The van der Waals surface area contributed by atoms with Crippen LogP contribution in [-0.2, 0) is 53.3 Å². The fourth-order valence-corrected chi connectivity index (χ4v) is 11.1. The first-order valence-electron chi connectivity index (χ1n) is 24.3. The molecule has 0 spiro atoms. The molecule has 3 fully saturated rings. The molecule has 4 aromatic rings. The fourth-order valence-electron chi connectivity index (χ4n) is 11.1. The first kappa shape index (κ1) is 48.4. The summed E-state index contributed by atoms with van der Waals surface area (Å²) in [6.45, 7) is 10.9. The topological polar surface area (TPSA) is 155 Å². The molecule has 1 aliphatic carbocycles. The highest BCUT2D eigenvalue weighted by Gasteiger charge is 2.44. The Hall–Kier alpha value is -6.04. The molecule has 5 heterocycles. The summed E-state index contributed by atoms with van der Waals surface area (Å²) >= 11 is 0. The molecular weight excluding hydrogens is 859 g/mol. The van der Waals surface area contributed by atoms with E-state index in [0.29, 0.717) is 32.4 Å². The van der Waals surface area contributed by atoms with Gasteiger partial charge in [-0.2, -0.15) is 0 Å². The average molecular weight is 926 g/mol. The lowest BCUT2D eigenvalue weighted by Gasteiger charge is -2.37. The standard InChI is InChI=1S/C54H67N7O7/c1-9-15-46(62)60-30-33(2)42(31-60)51(64)59(7)48(36-17-10-11-18-36)50(63)56-44-27-35-16-12-19-37(26-35)38-22-23-45-40(28-38)41(49(58(45)6)39-20-13-24-55-47(39)34(3)67-8)29-54(4,5)32-68-53(66)43-21-14-25-61(57-43)52(44)65/h12-13,16,19-20,22-24,26,28,33-34,36,42-44,48,57H,10-11,14,17-18,21,25,27,29-32H2,1-8H3,(H,56,63)/t33-,34-,42+,43-,44-,48?/m0/s1. The Morgan fingerprint density at radius 1 is 1.01 bits per heavy atom. The van der Waals surface area contributed by atoms with Gasteiger partial charge in [-0.25, -0.2) is 5.43 Å². The van der Waals surface area contributed by atoms with E-state index in [1.54, 1.807) is 37.1 Å². The van der Waals surface area contributed by atoms with Crippen LogP contribution in [0.2, 0.25) is 0 Å². The SMILES string of the molecule is CC#CC(=O)N1C[C@H](C)[C@H](C(=O)N(C)C(C(=O)N[C@H]2Cc3cccc(c3)-c3ccc4c(c3)c(c(-c3cccnc3[C@H](C)OC)n4C)CC(C)(C)COC(=O)[C@@H]3CCCN(N3)C2=O)C2CCCC2)C1. The number of benzene rings is 2. The molecule has 360 valence electrons. The van der Waals surface area contributed by atoms with Crippen LogP contribution in [0.25, 0.3) is 33.3 Å². The molecule has 14 nitrogen and oxygen atoms in total. The third-order valence-corrected chi connectivity index (χ3v) is 14.8. The van der Waals surface area contributed by atoms with Gasteiger partial charge in [0, 0.05) is 75.3 Å². The summed E-state index contributed by atoms with van der Waals surface area (Å²) in [6.07, 6.45) is 6.72. The van der Waals surface area contributed by atoms with Gasteiger partial charge in [0.1, 0.15) is 18.1 Å². The van der Waals surface area contributed by atoms with Crippen LogP contribution in [0.1, 0.15) is 96.1 Å². The number of methoxy groups -OCH3 is 1. The molecule has 1 unspecified atom stereocenters. The summed E-state index contributed by atoms with van der Waals surface area (Å²) in [5.74, 6) is 2.80. The lowest BCUT2D eigenvalue weighted by molar-refractivity contribution is -0.155. The second kappa shape index (κ2) is 20.3. The van der Waals surface area contributed by atoms with Crippen molar-refractivity contribution in [1.82, 2.24) is 35.1 Å². The van der Waals surface area contributed by atoms with Crippen LogP contribution in [0.4, 0.5) is 0 Å². The number of fused-ring (bicyclic) bond motifs is 6. The summed E-state index contributed by atoms with van der Waals surface area (Å²) in [4.78, 5) is 78.9. The Labute approximate surface area is 400 Å². The van der Waals surface area contributed by atoms with Crippen LogP contribution >= 0.6 is 0 Å². The first-order valence-corrected chi connectivity index (χ1v) is 24.3. The molecule has 2 aromatic heterocycles. The van der Waals surface area contributed by atoms with Crippen LogP contribution in [0.3, 0.4) is 0 Å². The number of carbonyl (C=O) groups excluding carboxylic acids is 5. The van der Waals surface area contributed by atoms with E-state index >= 15 is 0 Å². The van der Waals surface area contributed by atoms with Crippen LogP contribution < -0.4 is 10.7 Å². The smallest absolute Gasteiger partial charge is 0.324 e. The number of nitrogens with one attached hydrogen (secondary N) is 2. The zero-order valence-electron chi connectivity index (χ0n) is 40.9. The molecule has 6 atom stereocenters. The lowest BCUT2D eigenvalue weighted by atomic mass is 9.84. The van der Waals surface area contributed by atoms with E-state index < -0.39 is 41.3 Å². The van der Waals surface area contributed by atoms with Crippen molar-refractivity contribution >= 4 is 40.5 Å². The van der Waals surface area contributed by atoms with Crippen molar-refractivity contribution in [3.05, 3.63) is 77.6 Å². The predicted molar refractivity (Wildman–Crippen MR) is 260 cm³/mol. The lowest BCUT2D eigenvalue weighted by Crippen LogP contribution is -2.62. The second-order valence-corrected chi connectivity index (χ2v) is 20.3. The molecule has 8 rings (SSSR count). The number of nitrogens with zero attached hydrogens (tertiary/aromatic N) is 5. The molecule has 0 radical (unpaired) electrons. The highest BCUT2D eigenvalue weighted by atomic mass is 16.5. The molecule has 6 bridgehead atoms. The number of hydrazine groups is 1. The Morgan fingerprint density at radius 3 is 2.53 bits per heavy atom. The molecule has 4 aliphatic rings. The number of cyclic esters (lactones) is 1. The normalized spacial score (nSPS) is 23.0. The Bertz CT molecular complexity index is 2640. The number of ether oxygens (including phenoxy) is 2. The van der Waals surface area contributed by atoms with Gasteiger partial charge in [-0.1, -0.05) is 69.9 Å². The molecule has 2 N–H and O–H groups in total. The number of likely N-dealkylation sites (N-methyl/N-ethyl adjacent to an activating group) is 1. The molecular formula is C54H67N7O7. The number of amides is 4. The number of likely N-dealkylation sites (tertiary alicyclic amines) is 1. The zero-order chi connectivity index (χ0) is 48.4.